The van der Waals surface area contributed by atoms with Crippen molar-refractivity contribution >= 4 is 24.8 Å². The summed E-state index contributed by atoms with van der Waals surface area (Å²) in [6.07, 6.45) is 11.4. The average Bonchev–Trinajstić information content (AvgIpc) is 2.81. The fraction of sp³-hybridized carbons (Fsp3) is 0.613. The van der Waals surface area contributed by atoms with Gasteiger partial charge < -0.3 is 9.80 Å². The Morgan fingerprint density at radius 2 is 1.29 bits per heavy atom. The van der Waals surface area contributed by atoms with Gasteiger partial charge in [0, 0.05) is 32.1 Å². The molecule has 5 aliphatic rings. The Morgan fingerprint density at radius 3 is 1.86 bits per heavy atom. The molecule has 0 amide bonds. The monoisotopic (exact) mass is 514 g/mol. The second kappa shape index (κ2) is 11.5. The molecule has 35 heavy (non-hydrogen) atoms. The topological polar surface area (TPSA) is 6.48 Å². The molecular formula is C31H44Cl2N2. The second-order valence-electron chi connectivity index (χ2n) is 12.1. The molecule has 2 nitrogen and oxygen atoms in total. The SMILES string of the molecule is CN1CCN(CCCc2ccc(C(c3ccccc3)C34CC5CC(CC(C5)C3)C4)cc2)CC1.Cl.Cl. The quantitative estimate of drug-likeness (QED) is 0.390. The molecule has 7 rings (SSSR count). The lowest BCUT2D eigenvalue weighted by Crippen LogP contribution is -2.49. The van der Waals surface area contributed by atoms with Crippen LogP contribution in [0.15, 0.2) is 54.6 Å². The Hall–Kier alpha value is -1.06. The predicted octanol–water partition coefficient (Wildman–Crippen LogP) is 7.06. The first-order valence-corrected chi connectivity index (χ1v) is 13.7. The number of hydrogen-bond acceptors (Lipinski definition) is 2. The van der Waals surface area contributed by atoms with E-state index in [0.29, 0.717) is 11.3 Å². The molecule has 4 aliphatic carbocycles. The van der Waals surface area contributed by atoms with Crippen LogP contribution in [0.2, 0.25) is 0 Å². The number of piperazine rings is 1. The Kier molecular flexibility index (Phi) is 8.91. The highest BCUT2D eigenvalue weighted by molar-refractivity contribution is 5.85. The Morgan fingerprint density at radius 1 is 0.743 bits per heavy atom. The number of rotatable bonds is 7. The van der Waals surface area contributed by atoms with E-state index in [2.05, 4.69) is 71.4 Å². The third-order valence-corrected chi connectivity index (χ3v) is 9.68. The third kappa shape index (κ3) is 5.77. The van der Waals surface area contributed by atoms with Crippen LogP contribution in [0.5, 0.6) is 0 Å². The van der Waals surface area contributed by atoms with E-state index >= 15 is 0 Å². The van der Waals surface area contributed by atoms with Gasteiger partial charge >= 0.3 is 0 Å². The van der Waals surface area contributed by atoms with Crippen LogP contribution in [-0.4, -0.2) is 49.6 Å². The summed E-state index contributed by atoms with van der Waals surface area (Å²) in [5.74, 6) is 3.57. The minimum atomic E-state index is 0. The standard InChI is InChI=1S/C31H42N2.2ClH/c1-32-14-16-33(17-15-32)13-5-6-24-9-11-29(12-10-24)30(28-7-3-2-4-8-28)31-21-25-18-26(22-31)20-27(19-25)23-31;;/h2-4,7-12,25-27,30H,5-6,13-23H2,1H3;2*1H. The molecule has 1 atom stereocenters. The summed E-state index contributed by atoms with van der Waals surface area (Å²) in [6.45, 7) is 6.16. The molecular weight excluding hydrogens is 471 g/mol. The van der Waals surface area contributed by atoms with Crippen molar-refractivity contribution in [1.82, 2.24) is 9.80 Å². The molecule has 0 spiro atoms. The van der Waals surface area contributed by atoms with Crippen LogP contribution in [0.25, 0.3) is 0 Å². The lowest BCUT2D eigenvalue weighted by Gasteiger charge is -2.60. The van der Waals surface area contributed by atoms with Gasteiger partial charge in [0.2, 0.25) is 0 Å². The molecule has 0 N–H and O–H groups in total. The van der Waals surface area contributed by atoms with Crippen LogP contribution < -0.4 is 0 Å². The molecule has 2 aromatic carbocycles. The minimum absolute atomic E-state index is 0. The van der Waals surface area contributed by atoms with Crippen LogP contribution in [0.4, 0.5) is 0 Å². The first-order chi connectivity index (χ1) is 16.2. The fourth-order valence-corrected chi connectivity index (χ4v) is 8.53. The Bertz CT molecular complexity index is 885. The van der Waals surface area contributed by atoms with E-state index in [0.717, 1.165) is 17.8 Å². The number of halogens is 2. The van der Waals surface area contributed by atoms with Gasteiger partial charge in [-0.3, -0.25) is 0 Å². The lowest BCUT2D eigenvalue weighted by molar-refractivity contribution is -0.0618. The first-order valence-electron chi connectivity index (χ1n) is 13.7. The van der Waals surface area contributed by atoms with E-state index in [-0.39, 0.29) is 24.8 Å². The zero-order valence-electron chi connectivity index (χ0n) is 21.4. The van der Waals surface area contributed by atoms with Crippen LogP contribution >= 0.6 is 24.8 Å². The zero-order valence-corrected chi connectivity index (χ0v) is 23.0. The molecule has 4 heteroatoms. The molecule has 0 radical (unpaired) electrons. The molecule has 5 fully saturated rings. The van der Waals surface area contributed by atoms with Gasteiger partial charge in [-0.05, 0) is 105 Å². The first kappa shape index (κ1) is 27.0. The van der Waals surface area contributed by atoms with Gasteiger partial charge in [-0.2, -0.15) is 0 Å². The molecule has 4 bridgehead atoms. The molecule has 1 aliphatic heterocycles. The van der Waals surface area contributed by atoms with Crippen molar-refractivity contribution in [3.05, 3.63) is 71.3 Å². The van der Waals surface area contributed by atoms with Gasteiger partial charge in [0.15, 0.2) is 0 Å². The van der Waals surface area contributed by atoms with Crippen LogP contribution in [0.3, 0.4) is 0 Å². The van der Waals surface area contributed by atoms with Crippen molar-refractivity contribution in [3.8, 4) is 0 Å². The highest BCUT2D eigenvalue weighted by Gasteiger charge is 2.54. The molecule has 2 aromatic rings. The second-order valence-corrected chi connectivity index (χ2v) is 12.1. The van der Waals surface area contributed by atoms with E-state index < -0.39 is 0 Å². The third-order valence-electron chi connectivity index (χ3n) is 9.68. The predicted molar refractivity (Wildman–Crippen MR) is 152 cm³/mol. The molecule has 192 valence electrons. The highest BCUT2D eigenvalue weighted by Crippen LogP contribution is 2.65. The van der Waals surface area contributed by atoms with Gasteiger partial charge in [-0.25, -0.2) is 0 Å². The number of hydrogen-bond donors (Lipinski definition) is 0. The highest BCUT2D eigenvalue weighted by atomic mass is 35.5. The maximum atomic E-state index is 2.65. The van der Waals surface area contributed by atoms with E-state index in [1.807, 2.05) is 0 Å². The average molecular weight is 516 g/mol. The smallest absolute Gasteiger partial charge is 0.0146 e. The number of nitrogens with zero attached hydrogens (tertiary/aromatic N) is 2. The summed E-state index contributed by atoms with van der Waals surface area (Å²) >= 11 is 0. The molecule has 4 saturated carbocycles. The van der Waals surface area contributed by atoms with E-state index in [9.17, 15) is 0 Å². The Balaban J connectivity index is 0.00000144. The molecule has 1 heterocycles. The van der Waals surface area contributed by atoms with Crippen molar-refractivity contribution in [1.29, 1.82) is 0 Å². The van der Waals surface area contributed by atoms with E-state index in [4.69, 9.17) is 0 Å². The van der Waals surface area contributed by atoms with Gasteiger partial charge in [0.25, 0.3) is 0 Å². The van der Waals surface area contributed by atoms with Crippen molar-refractivity contribution < 1.29 is 0 Å². The van der Waals surface area contributed by atoms with Crippen LogP contribution in [0.1, 0.15) is 67.6 Å². The summed E-state index contributed by atoms with van der Waals surface area (Å²) < 4.78 is 0. The normalized spacial score (nSPS) is 30.9. The molecule has 1 saturated heterocycles. The maximum Gasteiger partial charge on any atom is 0.0146 e. The number of likely N-dealkylation sites (N-methyl/N-ethyl adjacent to an activating group) is 1. The summed E-state index contributed by atoms with van der Waals surface area (Å²) in [4.78, 5) is 5.09. The van der Waals surface area contributed by atoms with Crippen LogP contribution in [-0.2, 0) is 6.42 Å². The van der Waals surface area contributed by atoms with Gasteiger partial charge in [0.05, 0.1) is 0 Å². The fourth-order valence-electron chi connectivity index (χ4n) is 8.53. The van der Waals surface area contributed by atoms with E-state index in [1.54, 1.807) is 11.1 Å². The molecule has 0 aromatic heterocycles. The Labute approximate surface area is 225 Å². The molecule has 1 unspecified atom stereocenters. The van der Waals surface area contributed by atoms with Crippen molar-refractivity contribution in [2.75, 3.05) is 39.8 Å². The summed E-state index contributed by atoms with van der Waals surface area (Å²) in [6, 6.07) is 21.4. The van der Waals surface area contributed by atoms with E-state index in [1.165, 1.54) is 89.7 Å². The number of aryl methyl sites for hydroxylation is 1. The minimum Gasteiger partial charge on any atom is -0.304 e. The number of benzene rings is 2. The van der Waals surface area contributed by atoms with Gasteiger partial charge in [0.1, 0.15) is 0 Å². The van der Waals surface area contributed by atoms with Crippen molar-refractivity contribution in [2.45, 2.75) is 57.3 Å². The van der Waals surface area contributed by atoms with Crippen LogP contribution in [0, 0.1) is 23.2 Å². The van der Waals surface area contributed by atoms with Crippen molar-refractivity contribution in [3.63, 3.8) is 0 Å². The van der Waals surface area contributed by atoms with Gasteiger partial charge in [-0.15, -0.1) is 24.8 Å². The lowest BCUT2D eigenvalue weighted by atomic mass is 9.45. The van der Waals surface area contributed by atoms with Gasteiger partial charge in [-0.1, -0.05) is 54.6 Å². The zero-order chi connectivity index (χ0) is 22.3. The largest absolute Gasteiger partial charge is 0.304 e. The summed E-state index contributed by atoms with van der Waals surface area (Å²) in [5, 5.41) is 0. The maximum absolute atomic E-state index is 2.65. The summed E-state index contributed by atoms with van der Waals surface area (Å²) in [5.41, 5.74) is 5.15. The summed E-state index contributed by atoms with van der Waals surface area (Å²) in [7, 11) is 2.24. The van der Waals surface area contributed by atoms with Crippen molar-refractivity contribution in [2.24, 2.45) is 23.2 Å².